The molecule has 0 amide bonds. The van der Waals surface area contributed by atoms with Crippen molar-refractivity contribution in [3.63, 3.8) is 0 Å². The molecule has 2 rings (SSSR count). The molecule has 3 N–H and O–H groups in total. The van der Waals surface area contributed by atoms with Gasteiger partial charge in [0.2, 0.25) is 0 Å². The minimum atomic E-state index is 0.124. The monoisotopic (exact) mass is 218 g/mol. The number of hydrogen-bond donors (Lipinski definition) is 3. The molecule has 1 aromatic heterocycles. The molecule has 0 radical (unpaired) electrons. The summed E-state index contributed by atoms with van der Waals surface area (Å²) in [5.74, 6) is 0. The van der Waals surface area contributed by atoms with Crippen LogP contribution < -0.4 is 5.32 Å². The molecule has 0 bridgehead atoms. The van der Waals surface area contributed by atoms with E-state index in [0.717, 1.165) is 17.0 Å². The Bertz CT molecular complexity index is 427. The quantitative estimate of drug-likeness (QED) is 0.641. The van der Waals surface area contributed by atoms with Crippen molar-refractivity contribution >= 4 is 0 Å². The largest absolute Gasteiger partial charge is 0.395 e. The van der Waals surface area contributed by atoms with Crippen LogP contribution in [0.5, 0.6) is 0 Å². The van der Waals surface area contributed by atoms with E-state index in [0.29, 0.717) is 13.1 Å². The standard InChI is InChI=1S/C11H14N4O/c16-7-6-12-8-10-11(14-15-13-10)9-4-2-1-3-5-9/h1-5,12,16H,6-8H2,(H,13,14,15). The van der Waals surface area contributed by atoms with Gasteiger partial charge in [0.15, 0.2) is 0 Å². The lowest BCUT2D eigenvalue weighted by atomic mass is 10.1. The van der Waals surface area contributed by atoms with E-state index in [4.69, 9.17) is 5.11 Å². The number of aromatic amines is 1. The second kappa shape index (κ2) is 5.39. The molecule has 0 spiro atoms. The van der Waals surface area contributed by atoms with Gasteiger partial charge in [-0.1, -0.05) is 30.3 Å². The van der Waals surface area contributed by atoms with Crippen LogP contribution in [-0.2, 0) is 6.54 Å². The number of rotatable bonds is 5. The van der Waals surface area contributed by atoms with Crippen molar-refractivity contribution in [1.29, 1.82) is 0 Å². The molecule has 0 aliphatic rings. The highest BCUT2D eigenvalue weighted by molar-refractivity contribution is 5.60. The Morgan fingerprint density at radius 2 is 2.00 bits per heavy atom. The number of benzene rings is 1. The molecule has 0 aliphatic carbocycles. The van der Waals surface area contributed by atoms with E-state index in [1.807, 2.05) is 30.3 Å². The van der Waals surface area contributed by atoms with Gasteiger partial charge in [0.1, 0.15) is 11.4 Å². The van der Waals surface area contributed by atoms with Crippen LogP contribution >= 0.6 is 0 Å². The summed E-state index contributed by atoms with van der Waals surface area (Å²) >= 11 is 0. The van der Waals surface area contributed by atoms with Crippen molar-refractivity contribution in [1.82, 2.24) is 20.7 Å². The van der Waals surface area contributed by atoms with E-state index < -0.39 is 0 Å². The van der Waals surface area contributed by atoms with Gasteiger partial charge in [0.05, 0.1) is 6.61 Å². The lowest BCUT2D eigenvalue weighted by Gasteiger charge is -2.01. The van der Waals surface area contributed by atoms with Gasteiger partial charge in [0, 0.05) is 18.7 Å². The minimum Gasteiger partial charge on any atom is -0.395 e. The van der Waals surface area contributed by atoms with Gasteiger partial charge in [0.25, 0.3) is 0 Å². The average molecular weight is 218 g/mol. The highest BCUT2D eigenvalue weighted by Crippen LogP contribution is 2.18. The Labute approximate surface area is 93.5 Å². The van der Waals surface area contributed by atoms with Crippen molar-refractivity contribution in [3.8, 4) is 11.3 Å². The number of aliphatic hydroxyl groups excluding tert-OH is 1. The van der Waals surface area contributed by atoms with Crippen LogP contribution in [0.25, 0.3) is 11.3 Å². The van der Waals surface area contributed by atoms with Gasteiger partial charge in [-0.15, -0.1) is 0 Å². The van der Waals surface area contributed by atoms with Crippen LogP contribution in [0.3, 0.4) is 0 Å². The zero-order valence-corrected chi connectivity index (χ0v) is 8.85. The van der Waals surface area contributed by atoms with E-state index in [1.165, 1.54) is 0 Å². The van der Waals surface area contributed by atoms with Crippen molar-refractivity contribution in [2.75, 3.05) is 13.2 Å². The maximum absolute atomic E-state index is 8.67. The van der Waals surface area contributed by atoms with Gasteiger partial charge < -0.3 is 10.4 Å². The summed E-state index contributed by atoms with van der Waals surface area (Å²) in [6.45, 7) is 1.28. The Kier molecular flexibility index (Phi) is 3.63. The fourth-order valence-electron chi connectivity index (χ4n) is 1.49. The third-order valence-electron chi connectivity index (χ3n) is 2.25. The molecule has 84 valence electrons. The van der Waals surface area contributed by atoms with Crippen molar-refractivity contribution in [2.24, 2.45) is 0 Å². The fourth-order valence-corrected chi connectivity index (χ4v) is 1.49. The Morgan fingerprint density at radius 1 is 1.19 bits per heavy atom. The molecule has 1 heterocycles. The first-order chi connectivity index (χ1) is 7.92. The third-order valence-corrected chi connectivity index (χ3v) is 2.25. The first-order valence-corrected chi connectivity index (χ1v) is 5.18. The third kappa shape index (κ3) is 2.44. The number of nitrogens with zero attached hydrogens (tertiary/aromatic N) is 2. The Hall–Kier alpha value is -1.72. The van der Waals surface area contributed by atoms with Crippen LogP contribution in [0, 0.1) is 0 Å². The summed E-state index contributed by atoms with van der Waals surface area (Å²) in [5.41, 5.74) is 2.75. The first-order valence-electron chi connectivity index (χ1n) is 5.18. The van der Waals surface area contributed by atoms with Gasteiger partial charge in [-0.3, -0.25) is 0 Å². The highest BCUT2D eigenvalue weighted by Gasteiger charge is 2.08. The highest BCUT2D eigenvalue weighted by atomic mass is 16.3. The van der Waals surface area contributed by atoms with E-state index in [2.05, 4.69) is 20.7 Å². The molecule has 0 aliphatic heterocycles. The Morgan fingerprint density at radius 3 is 2.75 bits per heavy atom. The molecule has 16 heavy (non-hydrogen) atoms. The summed E-state index contributed by atoms with van der Waals surface area (Å²) in [4.78, 5) is 0. The van der Waals surface area contributed by atoms with Gasteiger partial charge in [-0.25, -0.2) is 0 Å². The maximum atomic E-state index is 8.67. The second-order valence-corrected chi connectivity index (χ2v) is 3.39. The summed E-state index contributed by atoms with van der Waals surface area (Å²) in [6.07, 6.45) is 0. The van der Waals surface area contributed by atoms with Crippen molar-refractivity contribution in [2.45, 2.75) is 6.54 Å². The lowest BCUT2D eigenvalue weighted by Crippen LogP contribution is -2.18. The SMILES string of the molecule is OCCNCc1n[nH]nc1-c1ccccc1. The number of H-pyrrole nitrogens is 1. The second-order valence-electron chi connectivity index (χ2n) is 3.39. The molecule has 5 heteroatoms. The van der Waals surface area contributed by atoms with Crippen LogP contribution in [0.4, 0.5) is 0 Å². The number of aliphatic hydroxyl groups is 1. The summed E-state index contributed by atoms with van der Waals surface area (Å²) in [7, 11) is 0. The molecule has 0 saturated carbocycles. The van der Waals surface area contributed by atoms with Gasteiger partial charge >= 0.3 is 0 Å². The van der Waals surface area contributed by atoms with E-state index in [1.54, 1.807) is 0 Å². The molecular weight excluding hydrogens is 204 g/mol. The normalized spacial score (nSPS) is 10.6. The molecule has 5 nitrogen and oxygen atoms in total. The summed E-state index contributed by atoms with van der Waals surface area (Å²) < 4.78 is 0. The van der Waals surface area contributed by atoms with Crippen LogP contribution in [0.2, 0.25) is 0 Å². The van der Waals surface area contributed by atoms with Crippen molar-refractivity contribution in [3.05, 3.63) is 36.0 Å². The first kappa shape index (κ1) is 10.8. The van der Waals surface area contributed by atoms with Crippen LogP contribution in [0.15, 0.2) is 30.3 Å². The predicted octanol–water partition coefficient (Wildman–Crippen LogP) is 0.554. The van der Waals surface area contributed by atoms with Crippen LogP contribution in [0.1, 0.15) is 5.69 Å². The molecule has 1 aromatic carbocycles. The van der Waals surface area contributed by atoms with E-state index in [9.17, 15) is 0 Å². The zero-order chi connectivity index (χ0) is 11.2. The average Bonchev–Trinajstić information content (AvgIpc) is 2.79. The molecule has 2 aromatic rings. The molecule has 0 saturated heterocycles. The number of nitrogens with one attached hydrogen (secondary N) is 2. The molecule has 0 unspecified atom stereocenters. The van der Waals surface area contributed by atoms with E-state index >= 15 is 0 Å². The minimum absolute atomic E-state index is 0.124. The van der Waals surface area contributed by atoms with Gasteiger partial charge in [-0.05, 0) is 0 Å². The van der Waals surface area contributed by atoms with E-state index in [-0.39, 0.29) is 6.61 Å². The number of aromatic nitrogens is 3. The smallest absolute Gasteiger partial charge is 0.117 e. The summed E-state index contributed by atoms with van der Waals surface area (Å²) in [5, 5.41) is 22.6. The molecular formula is C11H14N4O. The van der Waals surface area contributed by atoms with Crippen LogP contribution in [-0.4, -0.2) is 33.7 Å². The predicted molar refractivity (Wildman–Crippen MR) is 60.6 cm³/mol. The summed E-state index contributed by atoms with van der Waals surface area (Å²) in [6, 6.07) is 9.89. The van der Waals surface area contributed by atoms with Gasteiger partial charge in [-0.2, -0.15) is 15.4 Å². The number of hydrogen-bond acceptors (Lipinski definition) is 4. The van der Waals surface area contributed by atoms with Crippen molar-refractivity contribution < 1.29 is 5.11 Å². The lowest BCUT2D eigenvalue weighted by molar-refractivity contribution is 0.291. The zero-order valence-electron chi connectivity index (χ0n) is 8.85. The topological polar surface area (TPSA) is 73.8 Å². The molecule has 0 fully saturated rings. The Balaban J connectivity index is 2.13. The molecule has 0 atom stereocenters. The fraction of sp³-hybridized carbons (Fsp3) is 0.273. The maximum Gasteiger partial charge on any atom is 0.117 e.